The van der Waals surface area contributed by atoms with Gasteiger partial charge < -0.3 is 10.1 Å². The summed E-state index contributed by atoms with van der Waals surface area (Å²) < 4.78 is 5.95. The van der Waals surface area contributed by atoms with Crippen LogP contribution in [-0.4, -0.2) is 37.2 Å². The van der Waals surface area contributed by atoms with Crippen molar-refractivity contribution in [2.75, 3.05) is 26.2 Å². The van der Waals surface area contributed by atoms with E-state index in [0.29, 0.717) is 17.7 Å². The highest BCUT2D eigenvalue weighted by Crippen LogP contribution is 2.28. The Balaban J connectivity index is 1.90. The SMILES string of the molecule is CC(C)NCc1cccc(Cl)c1OCCN1CCCC1. The summed E-state index contributed by atoms with van der Waals surface area (Å²) in [5.41, 5.74) is 1.13. The van der Waals surface area contributed by atoms with Gasteiger partial charge in [-0.05, 0) is 32.0 Å². The normalized spacial score (nSPS) is 16.0. The Kier molecular flexibility index (Phi) is 6.14. The Hall–Kier alpha value is -0.770. The van der Waals surface area contributed by atoms with Gasteiger partial charge in [0.05, 0.1) is 5.02 Å². The van der Waals surface area contributed by atoms with Crippen LogP contribution in [0.25, 0.3) is 0 Å². The Morgan fingerprint density at radius 1 is 1.30 bits per heavy atom. The Morgan fingerprint density at radius 3 is 2.75 bits per heavy atom. The average molecular weight is 297 g/mol. The summed E-state index contributed by atoms with van der Waals surface area (Å²) in [6.45, 7) is 9.16. The summed E-state index contributed by atoms with van der Waals surface area (Å²) >= 11 is 6.27. The number of para-hydroxylation sites is 1. The molecule has 0 bridgehead atoms. The molecule has 1 aliphatic heterocycles. The summed E-state index contributed by atoms with van der Waals surface area (Å²) in [5.74, 6) is 0.835. The van der Waals surface area contributed by atoms with Crippen molar-refractivity contribution in [1.82, 2.24) is 10.2 Å². The van der Waals surface area contributed by atoms with Crippen molar-refractivity contribution in [3.8, 4) is 5.75 Å². The van der Waals surface area contributed by atoms with Crippen LogP contribution in [0.3, 0.4) is 0 Å². The van der Waals surface area contributed by atoms with E-state index in [2.05, 4.69) is 30.1 Å². The van der Waals surface area contributed by atoms with E-state index in [1.54, 1.807) is 0 Å². The molecule has 1 fully saturated rings. The summed E-state index contributed by atoms with van der Waals surface area (Å²) in [6, 6.07) is 6.40. The molecule has 1 heterocycles. The van der Waals surface area contributed by atoms with Gasteiger partial charge in [-0.3, -0.25) is 4.90 Å². The molecule has 0 atom stereocenters. The van der Waals surface area contributed by atoms with Gasteiger partial charge in [-0.15, -0.1) is 0 Å². The summed E-state index contributed by atoms with van der Waals surface area (Å²) in [4.78, 5) is 2.45. The van der Waals surface area contributed by atoms with Crippen molar-refractivity contribution in [3.05, 3.63) is 28.8 Å². The van der Waals surface area contributed by atoms with Gasteiger partial charge in [0, 0.05) is 24.7 Å². The standard InChI is InChI=1S/C16H25ClN2O/c1-13(2)18-12-14-6-5-7-15(17)16(14)20-11-10-19-8-3-4-9-19/h5-7,13,18H,3-4,8-12H2,1-2H3. The number of ether oxygens (including phenoxy) is 1. The highest BCUT2D eigenvalue weighted by atomic mass is 35.5. The van der Waals surface area contributed by atoms with Crippen LogP contribution in [0.4, 0.5) is 0 Å². The number of benzene rings is 1. The molecule has 1 N–H and O–H groups in total. The molecule has 0 radical (unpaired) electrons. The molecule has 3 nitrogen and oxygen atoms in total. The number of halogens is 1. The quantitative estimate of drug-likeness (QED) is 0.835. The van der Waals surface area contributed by atoms with Crippen molar-refractivity contribution in [3.63, 3.8) is 0 Å². The molecule has 112 valence electrons. The second kappa shape index (κ2) is 7.87. The molecule has 0 saturated carbocycles. The molecule has 2 rings (SSSR count). The lowest BCUT2D eigenvalue weighted by atomic mass is 10.2. The van der Waals surface area contributed by atoms with E-state index in [1.165, 1.54) is 25.9 Å². The van der Waals surface area contributed by atoms with Crippen LogP contribution in [-0.2, 0) is 6.54 Å². The first-order chi connectivity index (χ1) is 9.66. The van der Waals surface area contributed by atoms with Crippen LogP contribution in [0.5, 0.6) is 5.75 Å². The minimum atomic E-state index is 0.450. The molecule has 0 amide bonds. The van der Waals surface area contributed by atoms with Crippen molar-refractivity contribution in [2.24, 2.45) is 0 Å². The molecular formula is C16H25ClN2O. The molecular weight excluding hydrogens is 272 g/mol. The van der Waals surface area contributed by atoms with E-state index in [0.717, 1.165) is 24.4 Å². The monoisotopic (exact) mass is 296 g/mol. The largest absolute Gasteiger partial charge is 0.490 e. The first kappa shape index (κ1) is 15.6. The number of hydrogen-bond acceptors (Lipinski definition) is 3. The van der Waals surface area contributed by atoms with Crippen molar-refractivity contribution in [1.29, 1.82) is 0 Å². The van der Waals surface area contributed by atoms with Crippen molar-refractivity contribution >= 4 is 11.6 Å². The summed E-state index contributed by atoms with van der Waals surface area (Å²) in [6.07, 6.45) is 2.63. The first-order valence-electron chi connectivity index (χ1n) is 7.52. The Bertz CT molecular complexity index is 417. The fourth-order valence-corrected chi connectivity index (χ4v) is 2.70. The van der Waals surface area contributed by atoms with Gasteiger partial charge in [-0.1, -0.05) is 37.6 Å². The minimum Gasteiger partial charge on any atom is -0.490 e. The van der Waals surface area contributed by atoms with E-state index >= 15 is 0 Å². The molecule has 0 aromatic heterocycles. The molecule has 0 unspecified atom stereocenters. The number of likely N-dealkylation sites (tertiary alicyclic amines) is 1. The van der Waals surface area contributed by atoms with Crippen molar-refractivity contribution in [2.45, 2.75) is 39.3 Å². The maximum absolute atomic E-state index is 6.27. The fourth-order valence-electron chi connectivity index (χ4n) is 2.45. The molecule has 0 aliphatic carbocycles. The number of hydrogen-bond donors (Lipinski definition) is 1. The van der Waals surface area contributed by atoms with Crippen molar-refractivity contribution < 1.29 is 4.74 Å². The van der Waals surface area contributed by atoms with Crippen LogP contribution in [0.2, 0.25) is 5.02 Å². The number of rotatable bonds is 7. The van der Waals surface area contributed by atoms with Gasteiger partial charge in [0.25, 0.3) is 0 Å². The van der Waals surface area contributed by atoms with E-state index in [4.69, 9.17) is 16.3 Å². The maximum atomic E-state index is 6.27. The van der Waals surface area contributed by atoms with Gasteiger partial charge in [0.15, 0.2) is 0 Å². The smallest absolute Gasteiger partial charge is 0.142 e. The molecule has 20 heavy (non-hydrogen) atoms. The van der Waals surface area contributed by atoms with E-state index in [1.807, 2.05) is 12.1 Å². The topological polar surface area (TPSA) is 24.5 Å². The Morgan fingerprint density at radius 2 is 2.05 bits per heavy atom. The molecule has 1 aliphatic rings. The van der Waals surface area contributed by atoms with Gasteiger partial charge >= 0.3 is 0 Å². The van der Waals surface area contributed by atoms with Crippen LogP contribution in [0.1, 0.15) is 32.3 Å². The van der Waals surface area contributed by atoms with Crippen LogP contribution in [0, 0.1) is 0 Å². The average Bonchev–Trinajstić information content (AvgIpc) is 2.92. The van der Waals surface area contributed by atoms with E-state index < -0.39 is 0 Å². The molecule has 0 spiro atoms. The first-order valence-corrected chi connectivity index (χ1v) is 7.90. The third kappa shape index (κ3) is 4.65. The zero-order chi connectivity index (χ0) is 14.4. The zero-order valence-electron chi connectivity index (χ0n) is 12.5. The number of nitrogens with zero attached hydrogens (tertiary/aromatic N) is 1. The predicted molar refractivity (Wildman–Crippen MR) is 84.6 cm³/mol. The summed E-state index contributed by atoms with van der Waals surface area (Å²) in [5, 5.41) is 4.12. The third-order valence-electron chi connectivity index (χ3n) is 3.60. The van der Waals surface area contributed by atoms with Gasteiger partial charge in [0.2, 0.25) is 0 Å². The Labute approximate surface area is 127 Å². The zero-order valence-corrected chi connectivity index (χ0v) is 13.2. The highest BCUT2D eigenvalue weighted by molar-refractivity contribution is 6.32. The van der Waals surface area contributed by atoms with Crippen LogP contribution >= 0.6 is 11.6 Å². The predicted octanol–water partition coefficient (Wildman–Crippen LogP) is 3.31. The number of nitrogens with one attached hydrogen (secondary N) is 1. The third-order valence-corrected chi connectivity index (χ3v) is 3.90. The minimum absolute atomic E-state index is 0.450. The van der Waals surface area contributed by atoms with E-state index in [-0.39, 0.29) is 0 Å². The second-order valence-electron chi connectivity index (χ2n) is 5.66. The lowest BCUT2D eigenvalue weighted by Crippen LogP contribution is -2.26. The maximum Gasteiger partial charge on any atom is 0.142 e. The second-order valence-corrected chi connectivity index (χ2v) is 6.07. The van der Waals surface area contributed by atoms with Crippen LogP contribution in [0.15, 0.2) is 18.2 Å². The van der Waals surface area contributed by atoms with E-state index in [9.17, 15) is 0 Å². The van der Waals surface area contributed by atoms with Gasteiger partial charge in [0.1, 0.15) is 12.4 Å². The van der Waals surface area contributed by atoms with Gasteiger partial charge in [-0.25, -0.2) is 0 Å². The fraction of sp³-hybridized carbons (Fsp3) is 0.625. The molecule has 1 saturated heterocycles. The van der Waals surface area contributed by atoms with Gasteiger partial charge in [-0.2, -0.15) is 0 Å². The molecule has 1 aromatic rings. The summed E-state index contributed by atoms with van der Waals surface area (Å²) in [7, 11) is 0. The lowest BCUT2D eigenvalue weighted by Gasteiger charge is -2.18. The van der Waals surface area contributed by atoms with Crippen LogP contribution < -0.4 is 10.1 Å². The molecule has 1 aromatic carbocycles. The highest BCUT2D eigenvalue weighted by Gasteiger charge is 2.13. The molecule has 4 heteroatoms. The lowest BCUT2D eigenvalue weighted by molar-refractivity contribution is 0.236.